The van der Waals surface area contributed by atoms with Gasteiger partial charge in [0.05, 0.1) is 6.54 Å². The molecule has 1 unspecified atom stereocenters. The first-order chi connectivity index (χ1) is 9.65. The minimum absolute atomic E-state index is 0. The van der Waals surface area contributed by atoms with E-state index in [4.69, 9.17) is 0 Å². The zero-order chi connectivity index (χ0) is 14.4. The van der Waals surface area contributed by atoms with Crippen LogP contribution in [-0.2, 0) is 4.79 Å². The lowest BCUT2D eigenvalue weighted by molar-refractivity contribution is -0.117. The molecule has 1 saturated heterocycles. The Morgan fingerprint density at radius 3 is 3.00 bits per heavy atom. The molecule has 1 heterocycles. The van der Waals surface area contributed by atoms with E-state index in [1.165, 1.54) is 12.8 Å². The van der Waals surface area contributed by atoms with Gasteiger partial charge in [0.25, 0.3) is 0 Å². The van der Waals surface area contributed by atoms with Gasteiger partial charge in [-0.25, -0.2) is 0 Å². The van der Waals surface area contributed by atoms with Crippen molar-refractivity contribution < 1.29 is 4.79 Å². The fourth-order valence-electron chi connectivity index (χ4n) is 2.56. The number of benzene rings is 1. The molecule has 21 heavy (non-hydrogen) atoms. The second-order valence-corrected chi connectivity index (χ2v) is 6.55. The number of carbonyl (C=O) groups is 1. The van der Waals surface area contributed by atoms with E-state index in [0.29, 0.717) is 12.6 Å². The monoisotopic (exact) mass is 423 g/mol. The van der Waals surface area contributed by atoms with Gasteiger partial charge in [-0.05, 0) is 80.2 Å². The quantitative estimate of drug-likeness (QED) is 0.732. The molecule has 0 bridgehead atoms. The van der Waals surface area contributed by atoms with Crippen molar-refractivity contribution in [2.75, 3.05) is 32.0 Å². The molecule has 1 aliphatic rings. The van der Waals surface area contributed by atoms with E-state index in [2.05, 4.69) is 38.1 Å². The van der Waals surface area contributed by atoms with Crippen LogP contribution in [0.25, 0.3) is 0 Å². The van der Waals surface area contributed by atoms with Crippen molar-refractivity contribution in [2.45, 2.75) is 25.3 Å². The maximum atomic E-state index is 12.1. The predicted octanol–water partition coefficient (Wildman–Crippen LogP) is 2.73. The molecule has 0 saturated carbocycles. The maximum Gasteiger partial charge on any atom is 0.238 e. The Balaban J connectivity index is 0.00000220. The zero-order valence-electron chi connectivity index (χ0n) is 12.3. The topological polar surface area (TPSA) is 44.4 Å². The van der Waals surface area contributed by atoms with Crippen molar-refractivity contribution in [1.29, 1.82) is 0 Å². The summed E-state index contributed by atoms with van der Waals surface area (Å²) in [5, 5.41) is 6.37. The highest BCUT2D eigenvalue weighted by Gasteiger charge is 2.18. The fraction of sp³-hybridized carbons (Fsp3) is 0.533. The highest BCUT2D eigenvalue weighted by molar-refractivity contribution is 14.1. The van der Waals surface area contributed by atoms with Crippen molar-refractivity contribution in [2.24, 2.45) is 0 Å². The first-order valence-electron chi connectivity index (χ1n) is 7.11. The van der Waals surface area contributed by atoms with Gasteiger partial charge in [0.1, 0.15) is 0 Å². The molecular formula is C15H23ClIN3O. The summed E-state index contributed by atoms with van der Waals surface area (Å²) in [6.45, 7) is 2.60. The van der Waals surface area contributed by atoms with E-state index in [0.717, 1.165) is 28.8 Å². The molecule has 1 fully saturated rings. The second kappa shape index (κ2) is 9.61. The fourth-order valence-corrected chi connectivity index (χ4v) is 3.11. The van der Waals surface area contributed by atoms with Crippen LogP contribution < -0.4 is 10.6 Å². The lowest BCUT2D eigenvalue weighted by atomic mass is 10.1. The number of carbonyl (C=O) groups excluding carboxylic acids is 1. The normalized spacial score (nSPS) is 18.7. The summed E-state index contributed by atoms with van der Waals surface area (Å²) in [5.74, 6) is 0.0618. The van der Waals surface area contributed by atoms with Crippen LogP contribution in [0, 0.1) is 3.57 Å². The molecule has 2 N–H and O–H groups in total. The van der Waals surface area contributed by atoms with Crippen LogP contribution in [0.3, 0.4) is 0 Å². The van der Waals surface area contributed by atoms with Crippen LogP contribution in [0.5, 0.6) is 0 Å². The summed E-state index contributed by atoms with van der Waals surface area (Å²) in [6, 6.07) is 8.38. The number of hydrogen-bond donors (Lipinski definition) is 2. The maximum absolute atomic E-state index is 12.1. The Labute approximate surface area is 146 Å². The Hall–Kier alpha value is -0.370. The zero-order valence-corrected chi connectivity index (χ0v) is 15.2. The molecule has 4 nitrogen and oxygen atoms in total. The molecular weight excluding hydrogens is 401 g/mol. The number of likely N-dealkylation sites (N-methyl/N-ethyl adjacent to an activating group) is 1. The van der Waals surface area contributed by atoms with E-state index in [9.17, 15) is 4.79 Å². The van der Waals surface area contributed by atoms with E-state index in [-0.39, 0.29) is 18.3 Å². The summed E-state index contributed by atoms with van der Waals surface area (Å²) in [6.07, 6.45) is 3.47. The highest BCUT2D eigenvalue weighted by atomic mass is 127. The van der Waals surface area contributed by atoms with Crippen LogP contribution in [0.2, 0.25) is 0 Å². The van der Waals surface area contributed by atoms with Crippen molar-refractivity contribution in [3.8, 4) is 0 Å². The van der Waals surface area contributed by atoms with E-state index < -0.39 is 0 Å². The summed E-state index contributed by atoms with van der Waals surface area (Å²) in [4.78, 5) is 14.3. The van der Waals surface area contributed by atoms with Crippen LogP contribution in [0.4, 0.5) is 5.69 Å². The van der Waals surface area contributed by atoms with Crippen LogP contribution in [0.1, 0.15) is 19.3 Å². The van der Waals surface area contributed by atoms with Gasteiger partial charge >= 0.3 is 0 Å². The Kier molecular flexibility index (Phi) is 8.55. The van der Waals surface area contributed by atoms with Crippen LogP contribution in [-0.4, -0.2) is 43.5 Å². The van der Waals surface area contributed by atoms with Gasteiger partial charge in [-0.2, -0.15) is 0 Å². The van der Waals surface area contributed by atoms with Crippen molar-refractivity contribution in [1.82, 2.24) is 10.2 Å². The predicted molar refractivity (Wildman–Crippen MR) is 98.2 cm³/mol. The van der Waals surface area contributed by atoms with Gasteiger partial charge in [0, 0.05) is 15.3 Å². The van der Waals surface area contributed by atoms with E-state index in [1.54, 1.807) is 0 Å². The first kappa shape index (κ1) is 18.7. The Bertz CT molecular complexity index is 450. The number of nitrogens with zero attached hydrogens (tertiary/aromatic N) is 1. The second-order valence-electron chi connectivity index (χ2n) is 5.31. The highest BCUT2D eigenvalue weighted by Crippen LogP contribution is 2.14. The van der Waals surface area contributed by atoms with E-state index in [1.807, 2.05) is 31.3 Å². The smallest absolute Gasteiger partial charge is 0.238 e. The lowest BCUT2D eigenvalue weighted by Crippen LogP contribution is -2.38. The first-order valence-corrected chi connectivity index (χ1v) is 8.19. The van der Waals surface area contributed by atoms with Crippen molar-refractivity contribution >= 4 is 46.6 Å². The summed E-state index contributed by atoms with van der Waals surface area (Å²) in [7, 11) is 2.05. The molecule has 0 radical (unpaired) electrons. The number of nitrogens with one attached hydrogen (secondary N) is 2. The molecule has 2 rings (SSSR count). The van der Waals surface area contributed by atoms with Gasteiger partial charge in [0.2, 0.25) is 5.91 Å². The SMILES string of the molecule is CN(CC(=O)Nc1cccc(I)c1)C1CCCNCC1.Cl. The summed E-state index contributed by atoms with van der Waals surface area (Å²) in [5.41, 5.74) is 0.873. The van der Waals surface area contributed by atoms with E-state index >= 15 is 0 Å². The molecule has 1 aliphatic heterocycles. The summed E-state index contributed by atoms with van der Waals surface area (Å²) >= 11 is 2.25. The Morgan fingerprint density at radius 1 is 1.43 bits per heavy atom. The third kappa shape index (κ3) is 6.50. The minimum atomic E-state index is 0. The Morgan fingerprint density at radius 2 is 2.24 bits per heavy atom. The molecule has 1 amide bonds. The number of rotatable bonds is 4. The molecule has 6 heteroatoms. The van der Waals surface area contributed by atoms with Gasteiger partial charge in [-0.15, -0.1) is 12.4 Å². The standard InChI is InChI=1S/C15H22IN3O.ClH/c1-19(14-6-3-8-17-9-7-14)11-15(20)18-13-5-2-4-12(16)10-13;/h2,4-5,10,14,17H,3,6-9,11H2,1H3,(H,18,20);1H. The van der Waals surface area contributed by atoms with Crippen molar-refractivity contribution in [3.05, 3.63) is 27.8 Å². The third-order valence-corrected chi connectivity index (χ3v) is 4.34. The molecule has 0 spiro atoms. The minimum Gasteiger partial charge on any atom is -0.325 e. The molecule has 1 aromatic carbocycles. The van der Waals surface area contributed by atoms with Crippen LogP contribution in [0.15, 0.2) is 24.3 Å². The van der Waals surface area contributed by atoms with Crippen LogP contribution >= 0.6 is 35.0 Å². The van der Waals surface area contributed by atoms with Gasteiger partial charge in [0.15, 0.2) is 0 Å². The third-order valence-electron chi connectivity index (χ3n) is 3.67. The molecule has 1 atom stereocenters. The van der Waals surface area contributed by atoms with Gasteiger partial charge in [-0.3, -0.25) is 9.69 Å². The van der Waals surface area contributed by atoms with Gasteiger partial charge < -0.3 is 10.6 Å². The molecule has 0 aromatic heterocycles. The lowest BCUT2D eigenvalue weighted by Gasteiger charge is -2.26. The van der Waals surface area contributed by atoms with Gasteiger partial charge in [-0.1, -0.05) is 6.07 Å². The van der Waals surface area contributed by atoms with Crippen molar-refractivity contribution in [3.63, 3.8) is 0 Å². The number of anilines is 1. The average molecular weight is 424 g/mol. The molecule has 0 aliphatic carbocycles. The number of amides is 1. The number of halogens is 2. The largest absolute Gasteiger partial charge is 0.325 e. The molecule has 118 valence electrons. The average Bonchev–Trinajstić information content (AvgIpc) is 2.67. The summed E-state index contributed by atoms with van der Waals surface area (Å²) < 4.78 is 1.13. The molecule has 1 aromatic rings. The number of hydrogen-bond acceptors (Lipinski definition) is 3.